The summed E-state index contributed by atoms with van der Waals surface area (Å²) in [5, 5.41) is 3.41. The Kier molecular flexibility index (Phi) is 5.34. The first kappa shape index (κ1) is 14.5. The largest absolute Gasteiger partial charge is 0.317 e. The molecule has 2 rings (SSSR count). The molecule has 0 aliphatic carbocycles. The fourth-order valence-electron chi connectivity index (χ4n) is 2.91. The zero-order chi connectivity index (χ0) is 13.7. The highest BCUT2D eigenvalue weighted by Crippen LogP contribution is 2.23. The van der Waals surface area contributed by atoms with Gasteiger partial charge in [-0.2, -0.15) is 0 Å². The van der Waals surface area contributed by atoms with Crippen molar-refractivity contribution in [1.82, 2.24) is 10.2 Å². The molecular weight excluding hydrogens is 239 g/mol. The Hall–Kier alpha value is -0.930. The standard InChI is InChI=1S/C16H25FN2/c1-3-19(12-14-8-10-18-11-9-14)13(2)15-4-6-16(17)7-5-15/h4-7,13-14,18H,3,8-12H2,1-2H3. The minimum absolute atomic E-state index is 0.155. The topological polar surface area (TPSA) is 15.3 Å². The van der Waals surface area contributed by atoms with Gasteiger partial charge in [-0.25, -0.2) is 4.39 Å². The van der Waals surface area contributed by atoms with Crippen molar-refractivity contribution in [2.75, 3.05) is 26.2 Å². The molecule has 1 heterocycles. The molecule has 106 valence electrons. The molecule has 0 aromatic heterocycles. The average molecular weight is 264 g/mol. The van der Waals surface area contributed by atoms with E-state index in [2.05, 4.69) is 24.1 Å². The van der Waals surface area contributed by atoms with Crippen LogP contribution < -0.4 is 5.32 Å². The summed E-state index contributed by atoms with van der Waals surface area (Å²) in [5.74, 6) is 0.640. The molecule has 0 amide bonds. The van der Waals surface area contributed by atoms with Gasteiger partial charge in [0.15, 0.2) is 0 Å². The SMILES string of the molecule is CCN(CC1CCNCC1)C(C)c1ccc(F)cc1. The molecular formula is C16H25FN2. The van der Waals surface area contributed by atoms with Gasteiger partial charge in [-0.15, -0.1) is 0 Å². The minimum atomic E-state index is -0.155. The number of rotatable bonds is 5. The van der Waals surface area contributed by atoms with Crippen LogP contribution in [0.4, 0.5) is 4.39 Å². The fourth-order valence-corrected chi connectivity index (χ4v) is 2.91. The Morgan fingerprint density at radius 2 is 1.89 bits per heavy atom. The first-order valence-electron chi connectivity index (χ1n) is 7.41. The Morgan fingerprint density at radius 1 is 1.26 bits per heavy atom. The van der Waals surface area contributed by atoms with Gasteiger partial charge in [-0.1, -0.05) is 19.1 Å². The van der Waals surface area contributed by atoms with Crippen molar-refractivity contribution in [2.24, 2.45) is 5.92 Å². The monoisotopic (exact) mass is 264 g/mol. The van der Waals surface area contributed by atoms with Crippen LogP contribution in [-0.2, 0) is 0 Å². The van der Waals surface area contributed by atoms with Crippen molar-refractivity contribution in [3.05, 3.63) is 35.6 Å². The highest BCUT2D eigenvalue weighted by molar-refractivity contribution is 5.19. The molecule has 1 unspecified atom stereocenters. The number of nitrogens with zero attached hydrogens (tertiary/aromatic N) is 1. The predicted octanol–water partition coefficient (Wildman–Crippen LogP) is 3.21. The Labute approximate surface area is 116 Å². The highest BCUT2D eigenvalue weighted by atomic mass is 19.1. The van der Waals surface area contributed by atoms with E-state index in [1.165, 1.54) is 18.4 Å². The summed E-state index contributed by atoms with van der Waals surface area (Å²) in [7, 11) is 0. The van der Waals surface area contributed by atoms with Crippen molar-refractivity contribution >= 4 is 0 Å². The Morgan fingerprint density at radius 3 is 2.47 bits per heavy atom. The average Bonchev–Trinajstić information content (AvgIpc) is 2.46. The maximum Gasteiger partial charge on any atom is 0.123 e. The van der Waals surface area contributed by atoms with Gasteiger partial charge in [0.2, 0.25) is 0 Å². The van der Waals surface area contributed by atoms with Crippen LogP contribution >= 0.6 is 0 Å². The van der Waals surface area contributed by atoms with Gasteiger partial charge < -0.3 is 5.32 Å². The Balaban J connectivity index is 1.97. The van der Waals surface area contributed by atoms with Crippen LogP contribution in [0, 0.1) is 11.7 Å². The maximum absolute atomic E-state index is 13.0. The van der Waals surface area contributed by atoms with Crippen molar-refractivity contribution in [3.8, 4) is 0 Å². The molecule has 1 aromatic rings. The number of piperidine rings is 1. The van der Waals surface area contributed by atoms with E-state index in [0.717, 1.165) is 32.1 Å². The third-order valence-corrected chi connectivity index (χ3v) is 4.26. The lowest BCUT2D eigenvalue weighted by Crippen LogP contribution is -2.37. The number of halogens is 1. The number of hydrogen-bond donors (Lipinski definition) is 1. The van der Waals surface area contributed by atoms with Crippen molar-refractivity contribution < 1.29 is 4.39 Å². The third kappa shape index (κ3) is 4.02. The molecule has 1 N–H and O–H groups in total. The van der Waals surface area contributed by atoms with E-state index in [1.54, 1.807) is 12.1 Å². The maximum atomic E-state index is 13.0. The number of benzene rings is 1. The van der Waals surface area contributed by atoms with E-state index in [0.29, 0.717) is 6.04 Å². The quantitative estimate of drug-likeness (QED) is 0.878. The molecule has 1 aliphatic rings. The van der Waals surface area contributed by atoms with E-state index in [4.69, 9.17) is 0 Å². The van der Waals surface area contributed by atoms with Gasteiger partial charge in [0.1, 0.15) is 5.82 Å². The minimum Gasteiger partial charge on any atom is -0.317 e. The van der Waals surface area contributed by atoms with Gasteiger partial charge in [0.25, 0.3) is 0 Å². The normalized spacial score (nSPS) is 18.7. The molecule has 1 atom stereocenters. The molecule has 19 heavy (non-hydrogen) atoms. The van der Waals surface area contributed by atoms with Gasteiger partial charge in [0.05, 0.1) is 0 Å². The molecule has 0 radical (unpaired) electrons. The van der Waals surface area contributed by atoms with E-state index in [9.17, 15) is 4.39 Å². The zero-order valence-electron chi connectivity index (χ0n) is 12.0. The van der Waals surface area contributed by atoms with Crippen LogP contribution in [0.1, 0.15) is 38.3 Å². The molecule has 0 bridgehead atoms. The first-order chi connectivity index (χ1) is 9.20. The van der Waals surface area contributed by atoms with Crippen LogP contribution in [-0.4, -0.2) is 31.1 Å². The first-order valence-corrected chi connectivity index (χ1v) is 7.41. The van der Waals surface area contributed by atoms with Crippen LogP contribution in [0.15, 0.2) is 24.3 Å². The van der Waals surface area contributed by atoms with E-state index in [1.807, 2.05) is 12.1 Å². The molecule has 3 heteroatoms. The molecule has 1 aromatic carbocycles. The lowest BCUT2D eigenvalue weighted by molar-refractivity contribution is 0.168. The predicted molar refractivity (Wildman–Crippen MR) is 77.7 cm³/mol. The molecule has 1 fully saturated rings. The fraction of sp³-hybridized carbons (Fsp3) is 0.625. The molecule has 2 nitrogen and oxygen atoms in total. The molecule has 0 saturated carbocycles. The van der Waals surface area contributed by atoms with Gasteiger partial charge >= 0.3 is 0 Å². The lowest BCUT2D eigenvalue weighted by atomic mass is 9.96. The number of hydrogen-bond acceptors (Lipinski definition) is 2. The molecule has 0 spiro atoms. The van der Waals surface area contributed by atoms with E-state index in [-0.39, 0.29) is 5.82 Å². The zero-order valence-corrected chi connectivity index (χ0v) is 12.0. The summed E-state index contributed by atoms with van der Waals surface area (Å²) < 4.78 is 13.0. The van der Waals surface area contributed by atoms with Gasteiger partial charge in [-0.05, 0) is 63.0 Å². The summed E-state index contributed by atoms with van der Waals surface area (Å²) >= 11 is 0. The van der Waals surface area contributed by atoms with E-state index >= 15 is 0 Å². The summed E-state index contributed by atoms with van der Waals surface area (Å²) in [6, 6.07) is 7.30. The summed E-state index contributed by atoms with van der Waals surface area (Å²) in [6.07, 6.45) is 2.54. The van der Waals surface area contributed by atoms with Crippen molar-refractivity contribution in [3.63, 3.8) is 0 Å². The van der Waals surface area contributed by atoms with Gasteiger partial charge in [0, 0.05) is 12.6 Å². The van der Waals surface area contributed by atoms with Crippen LogP contribution in [0.25, 0.3) is 0 Å². The highest BCUT2D eigenvalue weighted by Gasteiger charge is 2.20. The number of nitrogens with one attached hydrogen (secondary N) is 1. The third-order valence-electron chi connectivity index (χ3n) is 4.26. The van der Waals surface area contributed by atoms with Crippen LogP contribution in [0.5, 0.6) is 0 Å². The smallest absolute Gasteiger partial charge is 0.123 e. The van der Waals surface area contributed by atoms with Crippen molar-refractivity contribution in [2.45, 2.75) is 32.7 Å². The summed E-state index contributed by atoms with van der Waals surface area (Å²) in [6.45, 7) is 8.92. The summed E-state index contributed by atoms with van der Waals surface area (Å²) in [5.41, 5.74) is 1.21. The molecule has 1 saturated heterocycles. The molecule has 1 aliphatic heterocycles. The van der Waals surface area contributed by atoms with Crippen LogP contribution in [0.2, 0.25) is 0 Å². The Bertz CT molecular complexity index is 371. The second kappa shape index (κ2) is 7.01. The second-order valence-electron chi connectivity index (χ2n) is 5.51. The van der Waals surface area contributed by atoms with Crippen LogP contribution in [0.3, 0.4) is 0 Å². The lowest BCUT2D eigenvalue weighted by Gasteiger charge is -2.33. The van der Waals surface area contributed by atoms with Gasteiger partial charge in [-0.3, -0.25) is 4.90 Å². The van der Waals surface area contributed by atoms with E-state index < -0.39 is 0 Å². The summed E-state index contributed by atoms with van der Waals surface area (Å²) in [4.78, 5) is 2.50. The second-order valence-corrected chi connectivity index (χ2v) is 5.51. The van der Waals surface area contributed by atoms with Crippen molar-refractivity contribution in [1.29, 1.82) is 0 Å².